The highest BCUT2D eigenvalue weighted by Crippen LogP contribution is 2.27. The maximum Gasteiger partial charge on any atom is 0.306 e. The van der Waals surface area contributed by atoms with Crippen molar-refractivity contribution in [2.75, 3.05) is 7.11 Å². The molecule has 1 amide bonds. The third-order valence-electron chi connectivity index (χ3n) is 3.03. The summed E-state index contributed by atoms with van der Waals surface area (Å²) in [5.41, 5.74) is 0.439. The Morgan fingerprint density at radius 2 is 2.17 bits per heavy atom. The Bertz CT molecular complexity index is 452. The third-order valence-corrected chi connectivity index (χ3v) is 3.03. The molecule has 1 aliphatic carbocycles. The number of aliphatic carboxylic acids is 1. The standard InChI is InChI=1S/C12H14N2O4/c1-18-10-3-2-7(6-13-10)11(15)14-9-4-8(5-9)12(16)17/h2-3,6,8-9H,4-5H2,1H3,(H,14,15)(H,16,17). The first-order chi connectivity index (χ1) is 8.60. The highest BCUT2D eigenvalue weighted by atomic mass is 16.5. The van der Waals surface area contributed by atoms with Crippen molar-refractivity contribution in [1.82, 2.24) is 10.3 Å². The number of hydrogen-bond donors (Lipinski definition) is 2. The SMILES string of the molecule is COc1ccc(C(=O)NC2CC(C(=O)O)C2)cn1. The average molecular weight is 250 g/mol. The van der Waals surface area contributed by atoms with Gasteiger partial charge in [0.2, 0.25) is 5.88 Å². The van der Waals surface area contributed by atoms with Crippen LogP contribution in [-0.2, 0) is 4.79 Å². The summed E-state index contributed by atoms with van der Waals surface area (Å²) in [6.07, 6.45) is 2.41. The second-order valence-electron chi connectivity index (χ2n) is 4.27. The van der Waals surface area contributed by atoms with E-state index in [0.717, 1.165) is 0 Å². The molecule has 1 aromatic rings. The van der Waals surface area contributed by atoms with Crippen LogP contribution >= 0.6 is 0 Å². The predicted molar refractivity (Wildman–Crippen MR) is 62.4 cm³/mol. The number of ether oxygens (including phenoxy) is 1. The number of nitrogens with one attached hydrogen (secondary N) is 1. The summed E-state index contributed by atoms with van der Waals surface area (Å²) < 4.78 is 4.89. The van der Waals surface area contributed by atoms with Gasteiger partial charge in [0.15, 0.2) is 0 Å². The molecule has 0 atom stereocenters. The molecular weight excluding hydrogens is 236 g/mol. The molecule has 0 aliphatic heterocycles. The number of methoxy groups -OCH3 is 1. The molecular formula is C12H14N2O4. The molecule has 1 fully saturated rings. The van der Waals surface area contributed by atoms with Gasteiger partial charge in [-0.05, 0) is 18.9 Å². The van der Waals surface area contributed by atoms with Crippen LogP contribution in [-0.4, -0.2) is 35.1 Å². The number of hydrogen-bond acceptors (Lipinski definition) is 4. The zero-order valence-corrected chi connectivity index (χ0v) is 9.92. The lowest BCUT2D eigenvalue weighted by atomic mass is 9.80. The molecule has 96 valence electrons. The van der Waals surface area contributed by atoms with E-state index >= 15 is 0 Å². The van der Waals surface area contributed by atoms with E-state index in [2.05, 4.69) is 10.3 Å². The maximum absolute atomic E-state index is 11.8. The lowest BCUT2D eigenvalue weighted by Crippen LogP contribution is -2.46. The molecule has 1 heterocycles. The van der Waals surface area contributed by atoms with E-state index in [1.54, 1.807) is 12.1 Å². The second kappa shape index (κ2) is 5.03. The minimum absolute atomic E-state index is 0.0549. The van der Waals surface area contributed by atoms with Crippen molar-refractivity contribution >= 4 is 11.9 Å². The minimum Gasteiger partial charge on any atom is -0.481 e. The number of amides is 1. The number of rotatable bonds is 4. The van der Waals surface area contributed by atoms with Crippen LogP contribution in [0.2, 0.25) is 0 Å². The van der Waals surface area contributed by atoms with Gasteiger partial charge in [-0.25, -0.2) is 4.98 Å². The van der Waals surface area contributed by atoms with E-state index in [4.69, 9.17) is 9.84 Å². The number of carboxylic acids is 1. The predicted octanol–water partition coefficient (Wildman–Crippen LogP) is 0.683. The van der Waals surface area contributed by atoms with Gasteiger partial charge >= 0.3 is 5.97 Å². The Labute approximate surface area is 104 Å². The Hall–Kier alpha value is -2.11. The van der Waals surface area contributed by atoms with Crippen molar-refractivity contribution in [3.8, 4) is 5.88 Å². The van der Waals surface area contributed by atoms with Crippen molar-refractivity contribution in [3.63, 3.8) is 0 Å². The number of carbonyl (C=O) groups is 2. The molecule has 0 spiro atoms. The molecule has 18 heavy (non-hydrogen) atoms. The summed E-state index contributed by atoms with van der Waals surface area (Å²) in [6, 6.07) is 3.17. The van der Waals surface area contributed by atoms with Crippen molar-refractivity contribution in [3.05, 3.63) is 23.9 Å². The molecule has 6 heteroatoms. The van der Waals surface area contributed by atoms with Crippen LogP contribution in [0.3, 0.4) is 0 Å². The Morgan fingerprint density at radius 3 is 2.67 bits per heavy atom. The average Bonchev–Trinajstić information content (AvgIpc) is 2.32. The molecule has 0 bridgehead atoms. The fraction of sp³-hybridized carbons (Fsp3) is 0.417. The first kappa shape index (κ1) is 12.3. The fourth-order valence-electron chi connectivity index (χ4n) is 1.84. The molecule has 2 N–H and O–H groups in total. The van der Waals surface area contributed by atoms with Gasteiger partial charge in [0.25, 0.3) is 5.91 Å². The highest BCUT2D eigenvalue weighted by Gasteiger charge is 2.35. The van der Waals surface area contributed by atoms with E-state index in [0.29, 0.717) is 24.3 Å². The molecule has 6 nitrogen and oxygen atoms in total. The molecule has 0 radical (unpaired) electrons. The third kappa shape index (κ3) is 2.58. The van der Waals surface area contributed by atoms with Crippen LogP contribution in [0, 0.1) is 5.92 Å². The van der Waals surface area contributed by atoms with E-state index in [9.17, 15) is 9.59 Å². The van der Waals surface area contributed by atoms with Crippen molar-refractivity contribution in [2.24, 2.45) is 5.92 Å². The zero-order chi connectivity index (χ0) is 13.1. The van der Waals surface area contributed by atoms with Crippen LogP contribution in [0.5, 0.6) is 5.88 Å². The van der Waals surface area contributed by atoms with Gasteiger partial charge in [-0.1, -0.05) is 0 Å². The molecule has 0 unspecified atom stereocenters. The highest BCUT2D eigenvalue weighted by molar-refractivity contribution is 5.94. The normalized spacial score (nSPS) is 21.8. The van der Waals surface area contributed by atoms with Crippen LogP contribution < -0.4 is 10.1 Å². The number of nitrogens with zero attached hydrogens (tertiary/aromatic N) is 1. The Morgan fingerprint density at radius 1 is 1.44 bits per heavy atom. The van der Waals surface area contributed by atoms with Gasteiger partial charge in [0, 0.05) is 18.3 Å². The molecule has 1 aromatic heterocycles. The van der Waals surface area contributed by atoms with E-state index in [1.807, 2.05) is 0 Å². The van der Waals surface area contributed by atoms with E-state index < -0.39 is 5.97 Å². The van der Waals surface area contributed by atoms with Gasteiger partial charge in [0.1, 0.15) is 0 Å². The molecule has 1 aliphatic rings. The van der Waals surface area contributed by atoms with Crippen molar-refractivity contribution in [2.45, 2.75) is 18.9 Å². The van der Waals surface area contributed by atoms with Crippen LogP contribution in [0.15, 0.2) is 18.3 Å². The summed E-state index contributed by atoms with van der Waals surface area (Å²) in [7, 11) is 1.50. The minimum atomic E-state index is -0.799. The van der Waals surface area contributed by atoms with Gasteiger partial charge < -0.3 is 15.2 Å². The summed E-state index contributed by atoms with van der Waals surface area (Å²) >= 11 is 0. The molecule has 0 saturated heterocycles. The fourth-order valence-corrected chi connectivity index (χ4v) is 1.84. The van der Waals surface area contributed by atoms with Crippen LogP contribution in [0.4, 0.5) is 0 Å². The van der Waals surface area contributed by atoms with Gasteiger partial charge in [-0.2, -0.15) is 0 Å². The lowest BCUT2D eigenvalue weighted by Gasteiger charge is -2.32. The number of carbonyl (C=O) groups excluding carboxylic acids is 1. The maximum atomic E-state index is 11.8. The molecule has 0 aromatic carbocycles. The second-order valence-corrected chi connectivity index (χ2v) is 4.27. The zero-order valence-electron chi connectivity index (χ0n) is 9.92. The van der Waals surface area contributed by atoms with Crippen LogP contribution in [0.1, 0.15) is 23.2 Å². The molecule has 1 saturated carbocycles. The largest absolute Gasteiger partial charge is 0.481 e. The Balaban J connectivity index is 1.87. The van der Waals surface area contributed by atoms with E-state index in [1.165, 1.54) is 13.3 Å². The lowest BCUT2D eigenvalue weighted by molar-refractivity contribution is -0.145. The Kier molecular flexibility index (Phi) is 3.45. The van der Waals surface area contributed by atoms with Crippen molar-refractivity contribution < 1.29 is 19.4 Å². The number of aromatic nitrogens is 1. The van der Waals surface area contributed by atoms with Crippen LogP contribution in [0.25, 0.3) is 0 Å². The van der Waals surface area contributed by atoms with Gasteiger partial charge in [-0.15, -0.1) is 0 Å². The smallest absolute Gasteiger partial charge is 0.306 e. The first-order valence-electron chi connectivity index (χ1n) is 5.64. The molecule has 2 rings (SSSR count). The van der Waals surface area contributed by atoms with Gasteiger partial charge in [0.05, 0.1) is 18.6 Å². The topological polar surface area (TPSA) is 88.5 Å². The van der Waals surface area contributed by atoms with E-state index in [-0.39, 0.29) is 17.9 Å². The summed E-state index contributed by atoms with van der Waals surface area (Å²) in [4.78, 5) is 26.3. The monoisotopic (exact) mass is 250 g/mol. The first-order valence-corrected chi connectivity index (χ1v) is 5.64. The van der Waals surface area contributed by atoms with Gasteiger partial charge in [-0.3, -0.25) is 9.59 Å². The summed E-state index contributed by atoms with van der Waals surface area (Å²) in [5, 5.41) is 11.5. The quantitative estimate of drug-likeness (QED) is 0.820. The summed E-state index contributed by atoms with van der Waals surface area (Å²) in [6.45, 7) is 0. The summed E-state index contributed by atoms with van der Waals surface area (Å²) in [5.74, 6) is -0.920. The number of pyridine rings is 1. The number of carboxylic acid groups (broad SMARTS) is 1. The van der Waals surface area contributed by atoms with Crippen molar-refractivity contribution in [1.29, 1.82) is 0 Å².